The van der Waals surface area contributed by atoms with Crippen LogP contribution in [0.1, 0.15) is 70.1 Å². The van der Waals surface area contributed by atoms with Crippen molar-refractivity contribution in [1.82, 2.24) is 19.8 Å². The number of aromatic nitrogens is 2. The number of anilines is 3. The Balaban J connectivity index is 1.29. The molecule has 3 fully saturated rings. The molecule has 8 heteroatoms. The van der Waals surface area contributed by atoms with Crippen LogP contribution in [-0.4, -0.2) is 71.5 Å². The molecule has 1 saturated carbocycles. The highest BCUT2D eigenvalue weighted by molar-refractivity contribution is 5.76. The SMILES string of the molecule is C[C@@H]1[C@H](CC(=O)N(C)C)CCCN1c1cnc(C#N)c(Nc2ccc(C3(C)CCN(C4CC4)CC3)cc2)n1. The number of nitrogens with one attached hydrogen (secondary N) is 1. The van der Waals surface area contributed by atoms with E-state index in [0.29, 0.717) is 12.2 Å². The van der Waals surface area contributed by atoms with Crippen molar-refractivity contribution >= 4 is 23.2 Å². The minimum Gasteiger partial charge on any atom is -0.352 e. The first kappa shape index (κ1) is 26.4. The van der Waals surface area contributed by atoms with Gasteiger partial charge in [0.2, 0.25) is 5.91 Å². The number of carbonyl (C=O) groups excluding carboxylic acids is 1. The Morgan fingerprint density at radius 2 is 1.87 bits per heavy atom. The van der Waals surface area contributed by atoms with Crippen LogP contribution in [0, 0.1) is 17.2 Å². The second-order valence-corrected chi connectivity index (χ2v) is 11.9. The summed E-state index contributed by atoms with van der Waals surface area (Å²) in [5.41, 5.74) is 2.76. The predicted molar refractivity (Wildman–Crippen MR) is 150 cm³/mol. The van der Waals surface area contributed by atoms with Crippen molar-refractivity contribution in [2.45, 2.75) is 76.3 Å². The van der Waals surface area contributed by atoms with Crippen LogP contribution in [0.15, 0.2) is 30.5 Å². The summed E-state index contributed by atoms with van der Waals surface area (Å²) in [4.78, 5) is 28.2. The summed E-state index contributed by atoms with van der Waals surface area (Å²) in [5, 5.41) is 13.1. The summed E-state index contributed by atoms with van der Waals surface area (Å²) in [7, 11) is 3.62. The van der Waals surface area contributed by atoms with Crippen molar-refractivity contribution in [1.29, 1.82) is 5.26 Å². The fraction of sp³-hybridized carbons (Fsp3) is 0.600. The lowest BCUT2D eigenvalue weighted by molar-refractivity contribution is -0.130. The van der Waals surface area contributed by atoms with Crippen LogP contribution >= 0.6 is 0 Å². The van der Waals surface area contributed by atoms with Gasteiger partial charge in [-0.1, -0.05) is 19.1 Å². The van der Waals surface area contributed by atoms with E-state index in [-0.39, 0.29) is 29.0 Å². The molecule has 1 aromatic heterocycles. The summed E-state index contributed by atoms with van der Waals surface area (Å²) in [6, 6.07) is 11.8. The molecular weight excluding hydrogens is 474 g/mol. The van der Waals surface area contributed by atoms with Crippen LogP contribution in [0.3, 0.4) is 0 Å². The fourth-order valence-corrected chi connectivity index (χ4v) is 6.12. The molecule has 3 heterocycles. The van der Waals surface area contributed by atoms with Gasteiger partial charge < -0.3 is 20.0 Å². The highest BCUT2D eigenvalue weighted by atomic mass is 16.2. The molecule has 1 aromatic carbocycles. The maximum Gasteiger partial charge on any atom is 0.222 e. The largest absolute Gasteiger partial charge is 0.352 e. The number of hydrogen-bond acceptors (Lipinski definition) is 7. The first-order valence-electron chi connectivity index (χ1n) is 14.1. The van der Waals surface area contributed by atoms with Crippen LogP contribution in [-0.2, 0) is 10.2 Å². The summed E-state index contributed by atoms with van der Waals surface area (Å²) >= 11 is 0. The molecule has 2 atom stereocenters. The maximum atomic E-state index is 12.4. The average molecular weight is 516 g/mol. The molecule has 0 unspecified atom stereocenters. The maximum absolute atomic E-state index is 12.4. The van der Waals surface area contributed by atoms with E-state index in [1.165, 1.54) is 44.3 Å². The number of carbonyl (C=O) groups is 1. The lowest BCUT2D eigenvalue weighted by atomic mass is 9.74. The summed E-state index contributed by atoms with van der Waals surface area (Å²) in [5.74, 6) is 1.63. The third-order valence-corrected chi connectivity index (χ3v) is 9.05. The topological polar surface area (TPSA) is 88.4 Å². The lowest BCUT2D eigenvalue weighted by Gasteiger charge is -2.40. The van der Waals surface area contributed by atoms with Crippen LogP contribution in [0.2, 0.25) is 0 Å². The van der Waals surface area contributed by atoms with Crippen LogP contribution in [0.25, 0.3) is 0 Å². The average Bonchev–Trinajstić information content (AvgIpc) is 3.76. The van der Waals surface area contributed by atoms with Crippen molar-refractivity contribution in [3.63, 3.8) is 0 Å². The van der Waals surface area contributed by atoms with Crippen molar-refractivity contribution in [3.05, 3.63) is 41.7 Å². The van der Waals surface area contributed by atoms with E-state index in [0.717, 1.165) is 36.9 Å². The van der Waals surface area contributed by atoms with Gasteiger partial charge in [-0.25, -0.2) is 9.97 Å². The normalized spacial score (nSPS) is 23.5. The molecule has 0 bridgehead atoms. The Morgan fingerprint density at radius 3 is 2.50 bits per heavy atom. The molecule has 0 radical (unpaired) electrons. The van der Waals surface area contributed by atoms with Crippen molar-refractivity contribution < 1.29 is 4.79 Å². The Kier molecular flexibility index (Phi) is 7.58. The van der Waals surface area contributed by atoms with Gasteiger partial charge in [-0.15, -0.1) is 0 Å². The summed E-state index contributed by atoms with van der Waals surface area (Å²) in [6.07, 6.45) is 9.37. The summed E-state index contributed by atoms with van der Waals surface area (Å²) < 4.78 is 0. The number of likely N-dealkylation sites (tertiary alicyclic amines) is 1. The van der Waals surface area contributed by atoms with Crippen LogP contribution in [0.5, 0.6) is 0 Å². The minimum atomic E-state index is 0.155. The summed E-state index contributed by atoms with van der Waals surface area (Å²) in [6.45, 7) is 7.79. The minimum absolute atomic E-state index is 0.155. The second kappa shape index (κ2) is 10.9. The van der Waals surface area contributed by atoms with E-state index < -0.39 is 0 Å². The number of hydrogen-bond donors (Lipinski definition) is 1. The molecule has 1 amide bonds. The molecule has 1 N–H and O–H groups in total. The van der Waals surface area contributed by atoms with Gasteiger partial charge in [0.15, 0.2) is 11.5 Å². The molecule has 2 aromatic rings. The van der Waals surface area contributed by atoms with Crippen molar-refractivity contribution in [2.75, 3.05) is 43.9 Å². The standard InChI is InChI=1S/C30H41N7O/c1-21-22(18-28(38)35(3)4)6-5-15-37(21)27-20-32-26(19-31)29(34-27)33-24-9-7-23(8-10-24)30(2)13-16-36(17-14-30)25-11-12-25/h7-10,20-22,25H,5-6,11-18H2,1-4H3,(H,33,34)/t21-,22+/m1/s1. The number of rotatable bonds is 7. The molecular formula is C30H41N7O. The van der Waals surface area contributed by atoms with Crippen molar-refractivity contribution in [3.8, 4) is 6.07 Å². The molecule has 8 nitrogen and oxygen atoms in total. The number of benzene rings is 1. The molecule has 2 aliphatic heterocycles. The lowest BCUT2D eigenvalue weighted by Crippen LogP contribution is -2.45. The van der Waals surface area contributed by atoms with Gasteiger partial charge in [-0.2, -0.15) is 5.26 Å². The predicted octanol–water partition coefficient (Wildman–Crippen LogP) is 4.69. The first-order valence-corrected chi connectivity index (χ1v) is 14.1. The third-order valence-electron chi connectivity index (χ3n) is 9.05. The van der Waals surface area contributed by atoms with E-state index in [2.05, 4.69) is 64.3 Å². The first-order chi connectivity index (χ1) is 18.3. The molecule has 5 rings (SSSR count). The highest BCUT2D eigenvalue weighted by Gasteiger charge is 2.37. The van der Waals surface area contributed by atoms with Crippen molar-refractivity contribution in [2.24, 2.45) is 5.92 Å². The number of nitriles is 1. The van der Waals surface area contributed by atoms with Gasteiger partial charge in [0.25, 0.3) is 0 Å². The molecule has 3 aliphatic rings. The Morgan fingerprint density at radius 1 is 1.16 bits per heavy atom. The highest BCUT2D eigenvalue weighted by Crippen LogP contribution is 2.39. The van der Waals surface area contributed by atoms with E-state index in [4.69, 9.17) is 4.98 Å². The van der Waals surface area contributed by atoms with Crippen LogP contribution in [0.4, 0.5) is 17.3 Å². The molecule has 38 heavy (non-hydrogen) atoms. The molecule has 1 aliphatic carbocycles. The van der Waals surface area contributed by atoms with Gasteiger partial charge in [-0.3, -0.25) is 4.79 Å². The number of piperidine rings is 2. The Labute approximate surface area is 227 Å². The second-order valence-electron chi connectivity index (χ2n) is 11.9. The van der Waals surface area contributed by atoms with E-state index in [1.807, 2.05) is 14.1 Å². The quantitative estimate of drug-likeness (QED) is 0.572. The van der Waals surface area contributed by atoms with Gasteiger partial charge in [-0.05, 0) is 87.6 Å². The van der Waals surface area contributed by atoms with E-state index in [9.17, 15) is 10.1 Å². The third kappa shape index (κ3) is 5.63. The van der Waals surface area contributed by atoms with Gasteiger partial charge in [0.05, 0.1) is 6.20 Å². The van der Waals surface area contributed by atoms with E-state index >= 15 is 0 Å². The zero-order valence-corrected chi connectivity index (χ0v) is 23.3. The molecule has 0 spiro atoms. The van der Waals surface area contributed by atoms with Gasteiger partial charge in [0, 0.05) is 44.8 Å². The Bertz CT molecular complexity index is 1180. The molecule has 202 valence electrons. The van der Waals surface area contributed by atoms with Gasteiger partial charge >= 0.3 is 0 Å². The zero-order valence-electron chi connectivity index (χ0n) is 23.3. The van der Waals surface area contributed by atoms with Gasteiger partial charge in [0.1, 0.15) is 11.9 Å². The number of amides is 1. The smallest absolute Gasteiger partial charge is 0.222 e. The number of nitrogens with zero attached hydrogens (tertiary/aromatic N) is 6. The van der Waals surface area contributed by atoms with Crippen LogP contribution < -0.4 is 10.2 Å². The zero-order chi connectivity index (χ0) is 26.9. The Hall–Kier alpha value is -3.18. The monoisotopic (exact) mass is 515 g/mol. The van der Waals surface area contributed by atoms with E-state index in [1.54, 1.807) is 11.1 Å². The fourth-order valence-electron chi connectivity index (χ4n) is 6.12. The molecule has 2 saturated heterocycles.